The number of halogens is 1. The molecular weight excluding hydrogens is 258 g/mol. The molecular formula is C11H10BrNO2. The fraction of sp³-hybridized carbons (Fsp3) is 0.182. The van der Waals surface area contributed by atoms with Gasteiger partial charge in [-0.2, -0.15) is 0 Å². The smallest absolute Gasteiger partial charge is 0.338 e. The van der Waals surface area contributed by atoms with Crippen molar-refractivity contribution in [2.24, 2.45) is 0 Å². The Balaban J connectivity index is 2.45. The molecule has 0 atom stereocenters. The summed E-state index contributed by atoms with van der Waals surface area (Å²) in [5, 5.41) is 0.987. The predicted molar refractivity (Wildman–Crippen MR) is 62.0 cm³/mol. The molecule has 0 aliphatic heterocycles. The standard InChI is InChI=1S/C11H10BrNO2/c1-2-15-11(14)7-3-4-10-8(5-7)9(12)6-13-10/h3-6,13H,2H2,1H3. The number of benzene rings is 1. The molecule has 2 aromatic rings. The van der Waals surface area contributed by atoms with E-state index in [1.54, 1.807) is 13.0 Å². The van der Waals surface area contributed by atoms with Crippen molar-refractivity contribution < 1.29 is 9.53 Å². The number of fused-ring (bicyclic) bond motifs is 1. The van der Waals surface area contributed by atoms with Crippen LogP contribution in [0.4, 0.5) is 0 Å². The van der Waals surface area contributed by atoms with Gasteiger partial charge in [0.1, 0.15) is 0 Å². The van der Waals surface area contributed by atoms with Gasteiger partial charge in [-0.05, 0) is 41.1 Å². The number of hydrogen-bond donors (Lipinski definition) is 1. The number of ether oxygens (including phenoxy) is 1. The van der Waals surface area contributed by atoms with Crippen molar-refractivity contribution in [3.63, 3.8) is 0 Å². The number of carbonyl (C=O) groups excluding carboxylic acids is 1. The van der Waals surface area contributed by atoms with Gasteiger partial charge in [0.25, 0.3) is 0 Å². The third-order valence-electron chi connectivity index (χ3n) is 2.14. The Kier molecular flexibility index (Phi) is 2.77. The highest BCUT2D eigenvalue weighted by Crippen LogP contribution is 2.24. The second-order valence-corrected chi connectivity index (χ2v) is 3.97. The number of hydrogen-bond acceptors (Lipinski definition) is 2. The number of rotatable bonds is 2. The number of aromatic nitrogens is 1. The minimum absolute atomic E-state index is 0.285. The largest absolute Gasteiger partial charge is 0.462 e. The molecule has 0 spiro atoms. The fourth-order valence-electron chi connectivity index (χ4n) is 1.43. The molecule has 1 aromatic heterocycles. The van der Waals surface area contributed by atoms with Crippen LogP contribution in [0.25, 0.3) is 10.9 Å². The molecule has 0 aliphatic carbocycles. The fourth-order valence-corrected chi connectivity index (χ4v) is 1.87. The van der Waals surface area contributed by atoms with Crippen LogP contribution in [0, 0.1) is 0 Å². The van der Waals surface area contributed by atoms with Crippen molar-refractivity contribution in [3.05, 3.63) is 34.4 Å². The van der Waals surface area contributed by atoms with Gasteiger partial charge in [-0.15, -0.1) is 0 Å². The monoisotopic (exact) mass is 267 g/mol. The van der Waals surface area contributed by atoms with E-state index in [-0.39, 0.29) is 5.97 Å². The predicted octanol–water partition coefficient (Wildman–Crippen LogP) is 3.11. The van der Waals surface area contributed by atoms with Gasteiger partial charge in [0.05, 0.1) is 12.2 Å². The van der Waals surface area contributed by atoms with E-state index in [9.17, 15) is 4.79 Å². The van der Waals surface area contributed by atoms with E-state index in [1.165, 1.54) is 0 Å². The molecule has 15 heavy (non-hydrogen) atoms. The molecule has 3 nitrogen and oxygen atoms in total. The summed E-state index contributed by atoms with van der Waals surface area (Å²) < 4.78 is 5.88. The van der Waals surface area contributed by atoms with Crippen LogP contribution in [0.15, 0.2) is 28.9 Å². The first-order valence-corrected chi connectivity index (χ1v) is 5.45. The lowest BCUT2D eigenvalue weighted by Crippen LogP contribution is -2.03. The maximum atomic E-state index is 11.5. The van der Waals surface area contributed by atoms with Gasteiger partial charge in [0.2, 0.25) is 0 Å². The number of nitrogens with one attached hydrogen (secondary N) is 1. The van der Waals surface area contributed by atoms with Gasteiger partial charge in [0.15, 0.2) is 0 Å². The van der Waals surface area contributed by atoms with Crippen molar-refractivity contribution in [1.29, 1.82) is 0 Å². The topological polar surface area (TPSA) is 42.1 Å². The molecule has 0 saturated carbocycles. The molecule has 0 aliphatic rings. The maximum absolute atomic E-state index is 11.5. The third kappa shape index (κ3) is 1.90. The van der Waals surface area contributed by atoms with Gasteiger partial charge < -0.3 is 9.72 Å². The average molecular weight is 268 g/mol. The van der Waals surface area contributed by atoms with E-state index in [4.69, 9.17) is 4.74 Å². The Hall–Kier alpha value is -1.29. The van der Waals surface area contributed by atoms with Crippen LogP contribution in [0.5, 0.6) is 0 Å². The lowest BCUT2D eigenvalue weighted by atomic mass is 10.1. The summed E-state index contributed by atoms with van der Waals surface area (Å²) in [5.41, 5.74) is 1.57. The van der Waals surface area contributed by atoms with Gasteiger partial charge >= 0.3 is 5.97 Å². The Morgan fingerprint density at radius 2 is 2.33 bits per heavy atom. The Labute approximate surface area is 95.6 Å². The summed E-state index contributed by atoms with van der Waals surface area (Å²) >= 11 is 3.41. The van der Waals surface area contributed by atoms with Crippen molar-refractivity contribution in [2.45, 2.75) is 6.92 Å². The lowest BCUT2D eigenvalue weighted by Gasteiger charge is -2.01. The molecule has 4 heteroatoms. The zero-order valence-electron chi connectivity index (χ0n) is 8.21. The highest BCUT2D eigenvalue weighted by Gasteiger charge is 2.08. The van der Waals surface area contributed by atoms with Gasteiger partial charge in [0, 0.05) is 21.6 Å². The van der Waals surface area contributed by atoms with E-state index >= 15 is 0 Å². The minimum Gasteiger partial charge on any atom is -0.462 e. The average Bonchev–Trinajstić information content (AvgIpc) is 2.60. The van der Waals surface area contributed by atoms with E-state index < -0.39 is 0 Å². The van der Waals surface area contributed by atoms with Gasteiger partial charge in [-0.3, -0.25) is 0 Å². The zero-order chi connectivity index (χ0) is 10.8. The van der Waals surface area contributed by atoms with Gasteiger partial charge in [-0.25, -0.2) is 4.79 Å². The first kappa shape index (κ1) is 10.2. The molecule has 0 fully saturated rings. The van der Waals surface area contributed by atoms with Crippen molar-refractivity contribution in [1.82, 2.24) is 4.98 Å². The van der Waals surface area contributed by atoms with Crippen LogP contribution in [-0.2, 0) is 4.74 Å². The summed E-state index contributed by atoms with van der Waals surface area (Å²) in [6.07, 6.45) is 1.85. The molecule has 0 saturated heterocycles. The summed E-state index contributed by atoms with van der Waals surface area (Å²) in [6, 6.07) is 5.43. The first-order valence-electron chi connectivity index (χ1n) is 4.66. The third-order valence-corrected chi connectivity index (χ3v) is 2.80. The Morgan fingerprint density at radius 1 is 1.53 bits per heavy atom. The van der Waals surface area contributed by atoms with E-state index in [2.05, 4.69) is 20.9 Å². The van der Waals surface area contributed by atoms with Crippen molar-refractivity contribution in [3.8, 4) is 0 Å². The molecule has 0 amide bonds. The molecule has 1 heterocycles. The molecule has 2 rings (SSSR count). The second-order valence-electron chi connectivity index (χ2n) is 3.12. The summed E-state index contributed by atoms with van der Waals surface area (Å²) in [6.45, 7) is 2.19. The summed E-state index contributed by atoms with van der Waals surface area (Å²) in [4.78, 5) is 14.6. The number of aromatic amines is 1. The quantitative estimate of drug-likeness (QED) is 0.850. The number of H-pyrrole nitrogens is 1. The number of esters is 1. The van der Waals surface area contributed by atoms with Crippen LogP contribution in [0.2, 0.25) is 0 Å². The molecule has 78 valence electrons. The van der Waals surface area contributed by atoms with Crippen molar-refractivity contribution >= 4 is 32.8 Å². The van der Waals surface area contributed by atoms with Crippen LogP contribution in [-0.4, -0.2) is 17.6 Å². The summed E-state index contributed by atoms with van der Waals surface area (Å²) in [5.74, 6) is -0.285. The van der Waals surface area contributed by atoms with E-state index in [1.807, 2.05) is 18.3 Å². The maximum Gasteiger partial charge on any atom is 0.338 e. The molecule has 0 unspecified atom stereocenters. The van der Waals surface area contributed by atoms with Crippen LogP contribution >= 0.6 is 15.9 Å². The lowest BCUT2D eigenvalue weighted by molar-refractivity contribution is 0.0526. The molecule has 0 radical (unpaired) electrons. The molecule has 1 N–H and O–H groups in total. The Bertz CT molecular complexity index is 504. The highest BCUT2D eigenvalue weighted by molar-refractivity contribution is 9.10. The van der Waals surface area contributed by atoms with Crippen molar-refractivity contribution in [2.75, 3.05) is 6.61 Å². The number of carbonyl (C=O) groups is 1. The second kappa shape index (κ2) is 4.06. The first-order chi connectivity index (χ1) is 7.22. The molecule has 1 aromatic carbocycles. The summed E-state index contributed by atoms with van der Waals surface area (Å²) in [7, 11) is 0. The van der Waals surface area contributed by atoms with E-state index in [0.717, 1.165) is 15.4 Å². The van der Waals surface area contributed by atoms with Gasteiger partial charge in [-0.1, -0.05) is 0 Å². The van der Waals surface area contributed by atoms with Crippen LogP contribution in [0.3, 0.4) is 0 Å². The normalized spacial score (nSPS) is 10.5. The van der Waals surface area contributed by atoms with E-state index in [0.29, 0.717) is 12.2 Å². The minimum atomic E-state index is -0.285. The highest BCUT2D eigenvalue weighted by atomic mass is 79.9. The SMILES string of the molecule is CCOC(=O)c1ccc2[nH]cc(Br)c2c1. The van der Waals surface area contributed by atoms with Crippen LogP contribution < -0.4 is 0 Å². The molecule has 0 bridgehead atoms. The Morgan fingerprint density at radius 3 is 3.07 bits per heavy atom. The van der Waals surface area contributed by atoms with Crippen LogP contribution in [0.1, 0.15) is 17.3 Å². The zero-order valence-corrected chi connectivity index (χ0v) is 9.80.